The first-order valence-corrected chi connectivity index (χ1v) is 8.04. The number of benzene rings is 1. The average Bonchev–Trinajstić information content (AvgIpc) is 2.93. The smallest absolute Gasteiger partial charge is 0.0478 e. The van der Waals surface area contributed by atoms with Crippen LogP contribution in [0.25, 0.3) is 0 Å². The second-order valence-corrected chi connectivity index (χ2v) is 5.49. The molecule has 0 unspecified atom stereocenters. The summed E-state index contributed by atoms with van der Waals surface area (Å²) in [5, 5.41) is 6.90. The fraction of sp³-hybridized carbons (Fsp3) is 0.647. The molecule has 112 valence electrons. The van der Waals surface area contributed by atoms with E-state index in [0.717, 1.165) is 45.7 Å². The Morgan fingerprint density at radius 2 is 2.10 bits per heavy atom. The van der Waals surface area contributed by atoms with E-state index in [1.165, 1.54) is 36.1 Å². The molecule has 1 aromatic rings. The second-order valence-electron chi connectivity index (χ2n) is 5.49. The fourth-order valence-corrected chi connectivity index (χ4v) is 2.52. The number of nitrogens with one attached hydrogen (secondary N) is 2. The van der Waals surface area contributed by atoms with Gasteiger partial charge in [-0.05, 0) is 56.0 Å². The maximum absolute atomic E-state index is 5.54. The fourth-order valence-electron chi connectivity index (χ4n) is 2.52. The van der Waals surface area contributed by atoms with E-state index in [9.17, 15) is 0 Å². The summed E-state index contributed by atoms with van der Waals surface area (Å²) in [5.41, 5.74) is 4.25. The van der Waals surface area contributed by atoms with Crippen molar-refractivity contribution in [1.82, 2.24) is 5.32 Å². The van der Waals surface area contributed by atoms with Crippen LogP contribution in [0.5, 0.6) is 0 Å². The molecule has 0 atom stereocenters. The minimum absolute atomic E-state index is 0.886. The molecule has 0 bridgehead atoms. The Balaban J connectivity index is 1.51. The standard InChI is InChI=1S/C17H28N2O/c1-2-3-12-20-13-4-9-18-10-7-15-5-6-17-16(14-15)8-11-19-17/h5-6,14,18-19H,2-4,7-13H2,1H3. The third-order valence-corrected chi connectivity index (χ3v) is 3.75. The Hall–Kier alpha value is -1.06. The van der Waals surface area contributed by atoms with E-state index in [1.807, 2.05) is 0 Å². The summed E-state index contributed by atoms with van der Waals surface area (Å²) in [6, 6.07) is 6.82. The van der Waals surface area contributed by atoms with Crippen LogP contribution < -0.4 is 10.6 Å². The first-order valence-electron chi connectivity index (χ1n) is 8.04. The van der Waals surface area contributed by atoms with E-state index in [2.05, 4.69) is 35.8 Å². The van der Waals surface area contributed by atoms with Gasteiger partial charge in [0.05, 0.1) is 0 Å². The molecule has 1 aliphatic heterocycles. The van der Waals surface area contributed by atoms with Gasteiger partial charge in [0, 0.05) is 25.4 Å². The topological polar surface area (TPSA) is 33.3 Å². The molecule has 0 spiro atoms. The predicted octanol–water partition coefficient (Wildman–Crippen LogP) is 2.99. The molecule has 0 radical (unpaired) electrons. The van der Waals surface area contributed by atoms with Crippen LogP contribution in [0.1, 0.15) is 37.3 Å². The summed E-state index contributed by atoms with van der Waals surface area (Å²) in [7, 11) is 0. The Morgan fingerprint density at radius 3 is 3.00 bits per heavy atom. The van der Waals surface area contributed by atoms with Gasteiger partial charge in [0.2, 0.25) is 0 Å². The number of hydrogen-bond donors (Lipinski definition) is 2. The van der Waals surface area contributed by atoms with Crippen molar-refractivity contribution in [3.63, 3.8) is 0 Å². The SMILES string of the molecule is CCCCOCCCNCCc1ccc2c(c1)CCN2. The second kappa shape index (κ2) is 8.98. The van der Waals surface area contributed by atoms with Gasteiger partial charge in [-0.15, -0.1) is 0 Å². The average molecular weight is 276 g/mol. The number of hydrogen-bond acceptors (Lipinski definition) is 3. The van der Waals surface area contributed by atoms with Gasteiger partial charge in [0.15, 0.2) is 0 Å². The van der Waals surface area contributed by atoms with Crippen LogP contribution in [-0.4, -0.2) is 32.8 Å². The third-order valence-electron chi connectivity index (χ3n) is 3.75. The zero-order valence-electron chi connectivity index (χ0n) is 12.7. The van der Waals surface area contributed by atoms with Crippen molar-refractivity contribution in [2.24, 2.45) is 0 Å². The lowest BCUT2D eigenvalue weighted by atomic mass is 10.1. The van der Waals surface area contributed by atoms with Crippen LogP contribution in [0, 0.1) is 0 Å². The molecule has 3 heteroatoms. The lowest BCUT2D eigenvalue weighted by Gasteiger charge is -2.07. The summed E-state index contributed by atoms with van der Waals surface area (Å²) in [4.78, 5) is 0. The van der Waals surface area contributed by atoms with Gasteiger partial charge in [-0.2, -0.15) is 0 Å². The highest BCUT2D eigenvalue weighted by molar-refractivity contribution is 5.56. The van der Waals surface area contributed by atoms with E-state index in [1.54, 1.807) is 0 Å². The van der Waals surface area contributed by atoms with Crippen LogP contribution in [0.2, 0.25) is 0 Å². The minimum Gasteiger partial charge on any atom is -0.384 e. The third kappa shape index (κ3) is 5.14. The van der Waals surface area contributed by atoms with E-state index < -0.39 is 0 Å². The molecule has 0 aliphatic carbocycles. The largest absolute Gasteiger partial charge is 0.384 e. The van der Waals surface area contributed by atoms with Gasteiger partial charge in [0.1, 0.15) is 0 Å². The molecule has 0 aromatic heterocycles. The van der Waals surface area contributed by atoms with Crippen molar-refractivity contribution < 1.29 is 4.74 Å². The number of ether oxygens (including phenoxy) is 1. The molecule has 0 fully saturated rings. The van der Waals surface area contributed by atoms with E-state index in [0.29, 0.717) is 0 Å². The molecule has 1 aliphatic rings. The maximum Gasteiger partial charge on any atom is 0.0478 e. The molecule has 1 aromatic carbocycles. The van der Waals surface area contributed by atoms with Crippen molar-refractivity contribution in [3.05, 3.63) is 29.3 Å². The summed E-state index contributed by atoms with van der Waals surface area (Å²) in [6.07, 6.45) is 5.79. The summed E-state index contributed by atoms with van der Waals surface area (Å²) in [6.45, 7) is 7.20. The zero-order valence-corrected chi connectivity index (χ0v) is 12.7. The molecular weight excluding hydrogens is 248 g/mol. The highest BCUT2D eigenvalue weighted by atomic mass is 16.5. The molecule has 2 N–H and O–H groups in total. The lowest BCUT2D eigenvalue weighted by molar-refractivity contribution is 0.129. The monoisotopic (exact) mass is 276 g/mol. The molecule has 1 heterocycles. The Morgan fingerprint density at radius 1 is 1.20 bits per heavy atom. The number of unbranched alkanes of at least 4 members (excludes halogenated alkanes) is 1. The van der Waals surface area contributed by atoms with Gasteiger partial charge in [0.25, 0.3) is 0 Å². The minimum atomic E-state index is 0.886. The van der Waals surface area contributed by atoms with Crippen LogP contribution in [0.4, 0.5) is 5.69 Å². The molecule has 0 saturated carbocycles. The van der Waals surface area contributed by atoms with Crippen molar-refractivity contribution in [2.75, 3.05) is 38.2 Å². The zero-order chi connectivity index (χ0) is 14.0. The first-order chi connectivity index (χ1) is 9.90. The van der Waals surface area contributed by atoms with Crippen LogP contribution in [0.3, 0.4) is 0 Å². The molecule has 3 nitrogen and oxygen atoms in total. The maximum atomic E-state index is 5.54. The number of rotatable bonds is 10. The van der Waals surface area contributed by atoms with Crippen LogP contribution in [-0.2, 0) is 17.6 Å². The van der Waals surface area contributed by atoms with Gasteiger partial charge >= 0.3 is 0 Å². The van der Waals surface area contributed by atoms with Crippen molar-refractivity contribution in [3.8, 4) is 0 Å². The first kappa shape index (κ1) is 15.3. The van der Waals surface area contributed by atoms with Crippen molar-refractivity contribution in [1.29, 1.82) is 0 Å². The van der Waals surface area contributed by atoms with Gasteiger partial charge in [-0.1, -0.05) is 25.5 Å². The molecule has 0 amide bonds. The quantitative estimate of drug-likeness (QED) is 0.645. The predicted molar refractivity (Wildman–Crippen MR) is 85.6 cm³/mol. The summed E-state index contributed by atoms with van der Waals surface area (Å²) < 4.78 is 5.54. The van der Waals surface area contributed by atoms with E-state index in [4.69, 9.17) is 4.74 Å². The Bertz CT molecular complexity index is 393. The highest BCUT2D eigenvalue weighted by Gasteiger charge is 2.09. The van der Waals surface area contributed by atoms with Crippen molar-refractivity contribution >= 4 is 5.69 Å². The Labute approximate surface area is 123 Å². The lowest BCUT2D eigenvalue weighted by Crippen LogP contribution is -2.19. The molecule has 2 rings (SSSR count). The van der Waals surface area contributed by atoms with Crippen molar-refractivity contribution in [2.45, 2.75) is 39.0 Å². The normalized spacial score (nSPS) is 13.2. The van der Waals surface area contributed by atoms with Gasteiger partial charge in [-0.3, -0.25) is 0 Å². The van der Waals surface area contributed by atoms with Crippen LogP contribution >= 0.6 is 0 Å². The summed E-state index contributed by atoms with van der Waals surface area (Å²) in [5.74, 6) is 0. The summed E-state index contributed by atoms with van der Waals surface area (Å²) >= 11 is 0. The van der Waals surface area contributed by atoms with Gasteiger partial charge in [-0.25, -0.2) is 0 Å². The molecule has 20 heavy (non-hydrogen) atoms. The Kier molecular flexibility index (Phi) is 6.89. The van der Waals surface area contributed by atoms with Crippen LogP contribution in [0.15, 0.2) is 18.2 Å². The van der Waals surface area contributed by atoms with Gasteiger partial charge < -0.3 is 15.4 Å². The van der Waals surface area contributed by atoms with E-state index >= 15 is 0 Å². The molecule has 0 saturated heterocycles. The number of anilines is 1. The highest BCUT2D eigenvalue weighted by Crippen LogP contribution is 2.22. The molecular formula is C17H28N2O. The number of fused-ring (bicyclic) bond motifs is 1. The van der Waals surface area contributed by atoms with E-state index in [-0.39, 0.29) is 0 Å².